The van der Waals surface area contributed by atoms with Crippen LogP contribution in [-0.4, -0.2) is 77.6 Å². The highest BCUT2D eigenvalue weighted by Crippen LogP contribution is 2.31. The van der Waals surface area contributed by atoms with Crippen LogP contribution in [0.2, 0.25) is 0 Å². The summed E-state index contributed by atoms with van der Waals surface area (Å²) in [5.41, 5.74) is 1.83. The van der Waals surface area contributed by atoms with Crippen LogP contribution in [0, 0.1) is 0 Å². The maximum Gasteiger partial charge on any atom is 0.247 e. The summed E-state index contributed by atoms with van der Waals surface area (Å²) in [6.45, 7) is 2.03. The molecule has 3 aromatic carbocycles. The van der Waals surface area contributed by atoms with Crippen molar-refractivity contribution in [2.24, 2.45) is 0 Å². The molecular formula is C28H33N3O6S. The normalized spacial score (nSPS) is 13.9. The van der Waals surface area contributed by atoms with Gasteiger partial charge in [0, 0.05) is 44.5 Å². The number of carbonyl (C=O) groups is 1. The fraction of sp³-hybridized carbons (Fsp3) is 0.321. The van der Waals surface area contributed by atoms with Crippen LogP contribution in [0.1, 0.15) is 5.56 Å². The number of anilines is 1. The number of hydrogen-bond donors (Lipinski definition) is 0. The number of nitrogens with zero attached hydrogens (tertiary/aromatic N) is 3. The molecule has 1 heterocycles. The Bertz CT molecular complexity index is 1320. The van der Waals surface area contributed by atoms with Gasteiger partial charge < -0.3 is 24.0 Å². The summed E-state index contributed by atoms with van der Waals surface area (Å²) in [5.74, 6) is 1.10. The quantitative estimate of drug-likeness (QED) is 0.391. The third kappa shape index (κ3) is 6.20. The molecule has 0 aromatic heterocycles. The average molecular weight is 540 g/mol. The van der Waals surface area contributed by atoms with E-state index < -0.39 is 10.0 Å². The Morgan fingerprint density at radius 1 is 0.816 bits per heavy atom. The molecule has 1 fully saturated rings. The Morgan fingerprint density at radius 3 is 2.05 bits per heavy atom. The van der Waals surface area contributed by atoms with Crippen molar-refractivity contribution < 1.29 is 27.4 Å². The number of amides is 1. The van der Waals surface area contributed by atoms with Crippen LogP contribution in [-0.2, 0) is 21.4 Å². The second-order valence-corrected chi connectivity index (χ2v) is 10.7. The fourth-order valence-electron chi connectivity index (χ4n) is 4.40. The number of carbonyl (C=O) groups excluding carboxylic acids is 1. The molecule has 3 aromatic rings. The predicted octanol–water partition coefficient (Wildman–Crippen LogP) is 3.25. The minimum absolute atomic E-state index is 0.0427. The predicted molar refractivity (Wildman–Crippen MR) is 145 cm³/mol. The molecule has 0 unspecified atom stereocenters. The number of ether oxygens (including phenoxy) is 3. The molecule has 0 saturated carbocycles. The lowest BCUT2D eigenvalue weighted by Gasteiger charge is -2.37. The Hall–Kier alpha value is -3.76. The summed E-state index contributed by atoms with van der Waals surface area (Å²) >= 11 is 0. The average Bonchev–Trinajstić information content (AvgIpc) is 2.97. The number of benzene rings is 3. The SMILES string of the molecule is COc1ccc(N2CCN(C(=O)CN(Cc3ccccc3)S(=O)(=O)c3cc(OC)ccc3OC)CC2)cc1. The molecule has 10 heteroatoms. The van der Waals surface area contributed by atoms with Gasteiger partial charge in [0.15, 0.2) is 0 Å². The maximum absolute atomic E-state index is 13.9. The monoisotopic (exact) mass is 539 g/mol. The minimum atomic E-state index is -4.11. The van der Waals surface area contributed by atoms with E-state index >= 15 is 0 Å². The zero-order valence-electron chi connectivity index (χ0n) is 21.9. The summed E-state index contributed by atoms with van der Waals surface area (Å²) in [7, 11) is 0.400. The summed E-state index contributed by atoms with van der Waals surface area (Å²) < 4.78 is 44.8. The van der Waals surface area contributed by atoms with Gasteiger partial charge in [-0.05, 0) is 42.0 Å². The molecule has 1 aliphatic rings. The topological polar surface area (TPSA) is 88.6 Å². The van der Waals surface area contributed by atoms with Gasteiger partial charge in [-0.25, -0.2) is 8.42 Å². The van der Waals surface area contributed by atoms with E-state index in [1.54, 1.807) is 24.1 Å². The lowest BCUT2D eigenvalue weighted by molar-refractivity contribution is -0.131. The van der Waals surface area contributed by atoms with Gasteiger partial charge in [-0.3, -0.25) is 4.79 Å². The standard InChI is InChI=1S/C28H33N3O6S/c1-35-24-11-9-23(10-12-24)29-15-17-30(18-16-29)28(32)21-31(20-22-7-5-4-6-8-22)38(33,34)27-19-25(36-2)13-14-26(27)37-3/h4-14,19H,15-18,20-21H2,1-3H3. The first-order valence-corrected chi connectivity index (χ1v) is 13.7. The first-order valence-electron chi connectivity index (χ1n) is 12.3. The maximum atomic E-state index is 13.9. The number of methoxy groups -OCH3 is 3. The zero-order chi connectivity index (χ0) is 27.1. The van der Waals surface area contributed by atoms with E-state index in [2.05, 4.69) is 4.90 Å². The van der Waals surface area contributed by atoms with E-state index in [-0.39, 0.29) is 29.6 Å². The van der Waals surface area contributed by atoms with Crippen molar-refractivity contribution >= 4 is 21.6 Å². The Morgan fingerprint density at radius 2 is 1.45 bits per heavy atom. The van der Waals surface area contributed by atoms with Crippen LogP contribution in [0.4, 0.5) is 5.69 Å². The summed E-state index contributed by atoms with van der Waals surface area (Å²) in [4.78, 5) is 17.3. The minimum Gasteiger partial charge on any atom is -0.497 e. The zero-order valence-corrected chi connectivity index (χ0v) is 22.7. The number of rotatable bonds is 10. The second kappa shape index (κ2) is 12.2. The first kappa shape index (κ1) is 27.3. The molecule has 38 heavy (non-hydrogen) atoms. The van der Waals surface area contributed by atoms with Gasteiger partial charge in [-0.15, -0.1) is 0 Å². The molecule has 1 amide bonds. The molecule has 0 radical (unpaired) electrons. The largest absolute Gasteiger partial charge is 0.497 e. The molecule has 1 aliphatic heterocycles. The molecule has 0 spiro atoms. The van der Waals surface area contributed by atoms with E-state index in [0.717, 1.165) is 17.0 Å². The highest BCUT2D eigenvalue weighted by molar-refractivity contribution is 7.89. The smallest absolute Gasteiger partial charge is 0.247 e. The van der Waals surface area contributed by atoms with Crippen molar-refractivity contribution in [3.8, 4) is 17.2 Å². The highest BCUT2D eigenvalue weighted by Gasteiger charge is 2.32. The van der Waals surface area contributed by atoms with Crippen molar-refractivity contribution in [1.82, 2.24) is 9.21 Å². The van der Waals surface area contributed by atoms with Crippen LogP contribution in [0.5, 0.6) is 17.2 Å². The second-order valence-electron chi connectivity index (χ2n) is 8.84. The molecule has 0 bridgehead atoms. The van der Waals surface area contributed by atoms with Crippen molar-refractivity contribution in [1.29, 1.82) is 0 Å². The number of sulfonamides is 1. The van der Waals surface area contributed by atoms with Crippen LogP contribution in [0.25, 0.3) is 0 Å². The van der Waals surface area contributed by atoms with Crippen LogP contribution in [0.3, 0.4) is 0 Å². The lowest BCUT2D eigenvalue weighted by atomic mass is 10.2. The molecule has 4 rings (SSSR count). The first-order chi connectivity index (χ1) is 18.3. The molecule has 1 saturated heterocycles. The third-order valence-corrected chi connectivity index (χ3v) is 8.38. The Labute approximate surface area is 224 Å². The van der Waals surface area contributed by atoms with Gasteiger partial charge >= 0.3 is 0 Å². The van der Waals surface area contributed by atoms with Crippen molar-refractivity contribution in [2.45, 2.75) is 11.4 Å². The lowest BCUT2D eigenvalue weighted by Crippen LogP contribution is -2.51. The van der Waals surface area contributed by atoms with Gasteiger partial charge in [0.05, 0.1) is 27.9 Å². The molecule has 0 aliphatic carbocycles. The summed E-state index contributed by atoms with van der Waals surface area (Å²) in [6.07, 6.45) is 0. The van der Waals surface area contributed by atoms with Gasteiger partial charge in [0.1, 0.15) is 22.1 Å². The van der Waals surface area contributed by atoms with Gasteiger partial charge in [-0.1, -0.05) is 30.3 Å². The van der Waals surface area contributed by atoms with Crippen molar-refractivity contribution in [3.05, 3.63) is 78.4 Å². The van der Waals surface area contributed by atoms with Crippen molar-refractivity contribution in [2.75, 3.05) is 59.0 Å². The van der Waals surface area contributed by atoms with E-state index in [1.807, 2.05) is 54.6 Å². The van der Waals surface area contributed by atoms with Gasteiger partial charge in [0.2, 0.25) is 15.9 Å². The van der Waals surface area contributed by atoms with E-state index in [9.17, 15) is 13.2 Å². The van der Waals surface area contributed by atoms with Crippen LogP contribution in [0.15, 0.2) is 77.7 Å². The molecule has 202 valence electrons. The van der Waals surface area contributed by atoms with E-state index in [1.165, 1.54) is 24.6 Å². The molecule has 9 nitrogen and oxygen atoms in total. The Balaban J connectivity index is 1.53. The molecular weight excluding hydrogens is 506 g/mol. The number of piperazine rings is 1. The summed E-state index contributed by atoms with van der Waals surface area (Å²) in [5, 5.41) is 0. The third-order valence-electron chi connectivity index (χ3n) is 6.57. The molecule has 0 N–H and O–H groups in total. The van der Waals surface area contributed by atoms with Gasteiger partial charge in [0.25, 0.3) is 0 Å². The van der Waals surface area contributed by atoms with Crippen molar-refractivity contribution in [3.63, 3.8) is 0 Å². The Kier molecular flexibility index (Phi) is 8.75. The molecule has 0 atom stereocenters. The van der Waals surface area contributed by atoms with E-state index in [4.69, 9.17) is 14.2 Å². The fourth-order valence-corrected chi connectivity index (χ4v) is 5.94. The van der Waals surface area contributed by atoms with E-state index in [0.29, 0.717) is 31.9 Å². The van der Waals surface area contributed by atoms with Crippen LogP contribution >= 0.6 is 0 Å². The van der Waals surface area contributed by atoms with Gasteiger partial charge in [-0.2, -0.15) is 4.31 Å². The van der Waals surface area contributed by atoms with Crippen LogP contribution < -0.4 is 19.1 Å². The summed E-state index contributed by atoms with van der Waals surface area (Å²) in [6, 6.07) is 21.6. The highest BCUT2D eigenvalue weighted by atomic mass is 32.2. The number of hydrogen-bond acceptors (Lipinski definition) is 7.